The molecule has 0 unspecified atom stereocenters. The Labute approximate surface area is 124 Å². The number of likely N-dealkylation sites (tertiary alicyclic amines) is 1. The fourth-order valence-electron chi connectivity index (χ4n) is 2.20. The minimum absolute atomic E-state index is 0.155. The van der Waals surface area contributed by atoms with E-state index in [-0.39, 0.29) is 6.10 Å². The maximum atomic E-state index is 9.49. The summed E-state index contributed by atoms with van der Waals surface area (Å²) in [5, 5.41) is 17.7. The van der Waals surface area contributed by atoms with Crippen molar-refractivity contribution in [1.82, 2.24) is 29.9 Å². The SMILES string of the molecule is OC1CCN(Cc2cn(-c3ncc(Br)cn3)nn2)CC1. The molecule has 1 N–H and O–H groups in total. The van der Waals surface area contributed by atoms with Crippen molar-refractivity contribution in [3.8, 4) is 5.95 Å². The summed E-state index contributed by atoms with van der Waals surface area (Å²) in [6.07, 6.45) is 6.69. The molecule has 106 valence electrons. The first-order valence-electron chi connectivity index (χ1n) is 6.50. The molecule has 0 atom stereocenters. The van der Waals surface area contributed by atoms with Gasteiger partial charge in [0.2, 0.25) is 0 Å². The van der Waals surface area contributed by atoms with Crippen molar-refractivity contribution in [3.63, 3.8) is 0 Å². The summed E-state index contributed by atoms with van der Waals surface area (Å²) >= 11 is 3.30. The van der Waals surface area contributed by atoms with E-state index in [4.69, 9.17) is 0 Å². The number of rotatable bonds is 3. The van der Waals surface area contributed by atoms with Crippen molar-refractivity contribution >= 4 is 15.9 Å². The van der Waals surface area contributed by atoms with E-state index in [0.29, 0.717) is 5.95 Å². The first kappa shape index (κ1) is 13.6. The molecule has 2 aromatic heterocycles. The van der Waals surface area contributed by atoms with Gasteiger partial charge in [0.25, 0.3) is 5.95 Å². The molecule has 7 nitrogen and oxygen atoms in total. The molecule has 20 heavy (non-hydrogen) atoms. The van der Waals surface area contributed by atoms with Crippen molar-refractivity contribution in [1.29, 1.82) is 0 Å². The molecular weight excluding hydrogens is 324 g/mol. The van der Waals surface area contributed by atoms with E-state index >= 15 is 0 Å². The van der Waals surface area contributed by atoms with E-state index in [9.17, 15) is 5.11 Å². The third kappa shape index (κ3) is 3.20. The van der Waals surface area contributed by atoms with Crippen molar-refractivity contribution in [2.45, 2.75) is 25.5 Å². The summed E-state index contributed by atoms with van der Waals surface area (Å²) in [6.45, 7) is 2.52. The Hall–Kier alpha value is -1.38. The fourth-order valence-corrected chi connectivity index (χ4v) is 2.40. The highest BCUT2D eigenvalue weighted by Crippen LogP contribution is 2.13. The third-order valence-electron chi connectivity index (χ3n) is 3.30. The van der Waals surface area contributed by atoms with E-state index in [0.717, 1.165) is 42.6 Å². The van der Waals surface area contributed by atoms with Gasteiger partial charge in [-0.3, -0.25) is 4.90 Å². The molecule has 0 radical (unpaired) electrons. The number of nitrogens with zero attached hydrogens (tertiary/aromatic N) is 6. The molecule has 3 rings (SSSR count). The van der Waals surface area contributed by atoms with Crippen LogP contribution in [0.25, 0.3) is 5.95 Å². The fraction of sp³-hybridized carbons (Fsp3) is 0.500. The zero-order valence-corrected chi connectivity index (χ0v) is 12.4. The van der Waals surface area contributed by atoms with E-state index in [2.05, 4.69) is 41.1 Å². The maximum Gasteiger partial charge on any atom is 0.251 e. The summed E-state index contributed by atoms with van der Waals surface area (Å²) in [6, 6.07) is 0. The summed E-state index contributed by atoms with van der Waals surface area (Å²) < 4.78 is 2.40. The lowest BCUT2D eigenvalue weighted by molar-refractivity contribution is 0.0786. The van der Waals surface area contributed by atoms with Gasteiger partial charge in [-0.1, -0.05) is 5.21 Å². The molecule has 8 heteroatoms. The second-order valence-electron chi connectivity index (χ2n) is 4.86. The Balaban J connectivity index is 1.66. The maximum absolute atomic E-state index is 9.49. The molecule has 0 saturated carbocycles. The van der Waals surface area contributed by atoms with Crippen LogP contribution in [0, 0.1) is 0 Å². The van der Waals surface area contributed by atoms with Crippen LogP contribution in [0.2, 0.25) is 0 Å². The van der Waals surface area contributed by atoms with Gasteiger partial charge in [-0.2, -0.15) is 4.68 Å². The van der Waals surface area contributed by atoms with Gasteiger partial charge in [-0.05, 0) is 28.8 Å². The topological polar surface area (TPSA) is 80.0 Å². The summed E-state index contributed by atoms with van der Waals surface area (Å²) in [7, 11) is 0. The minimum Gasteiger partial charge on any atom is -0.393 e. The number of halogens is 1. The zero-order chi connectivity index (χ0) is 13.9. The monoisotopic (exact) mass is 338 g/mol. The lowest BCUT2D eigenvalue weighted by Gasteiger charge is -2.28. The highest BCUT2D eigenvalue weighted by Gasteiger charge is 2.18. The first-order chi connectivity index (χ1) is 9.70. The van der Waals surface area contributed by atoms with Gasteiger partial charge in [0, 0.05) is 32.0 Å². The normalized spacial score (nSPS) is 17.5. The van der Waals surface area contributed by atoms with Crippen molar-refractivity contribution < 1.29 is 5.11 Å². The Morgan fingerprint density at radius 3 is 2.65 bits per heavy atom. The Morgan fingerprint density at radius 2 is 1.95 bits per heavy atom. The molecule has 1 aliphatic heterocycles. The lowest BCUT2D eigenvalue weighted by Crippen LogP contribution is -2.35. The van der Waals surface area contributed by atoms with Crippen LogP contribution in [0.4, 0.5) is 0 Å². The second-order valence-corrected chi connectivity index (χ2v) is 5.78. The van der Waals surface area contributed by atoms with Crippen molar-refractivity contribution in [2.24, 2.45) is 0 Å². The Bertz CT molecular complexity index is 564. The summed E-state index contributed by atoms with van der Waals surface area (Å²) in [4.78, 5) is 10.6. The molecule has 3 heterocycles. The smallest absolute Gasteiger partial charge is 0.251 e. The van der Waals surface area contributed by atoms with Gasteiger partial charge in [-0.15, -0.1) is 5.10 Å². The number of hydrogen-bond donors (Lipinski definition) is 1. The second kappa shape index (κ2) is 5.94. The Kier molecular flexibility index (Phi) is 4.04. The van der Waals surface area contributed by atoms with Crippen LogP contribution in [-0.4, -0.2) is 54.2 Å². The number of aliphatic hydroxyl groups excluding tert-OH is 1. The number of hydrogen-bond acceptors (Lipinski definition) is 6. The van der Waals surface area contributed by atoms with Crippen LogP contribution in [0.1, 0.15) is 18.5 Å². The summed E-state index contributed by atoms with van der Waals surface area (Å²) in [5.41, 5.74) is 0.882. The van der Waals surface area contributed by atoms with Gasteiger partial charge in [-0.25, -0.2) is 9.97 Å². The largest absolute Gasteiger partial charge is 0.393 e. The molecule has 0 bridgehead atoms. The van der Waals surface area contributed by atoms with Gasteiger partial charge < -0.3 is 5.11 Å². The lowest BCUT2D eigenvalue weighted by atomic mass is 10.1. The number of piperidine rings is 1. The third-order valence-corrected chi connectivity index (χ3v) is 3.70. The number of aromatic nitrogens is 5. The highest BCUT2D eigenvalue weighted by atomic mass is 79.9. The van der Waals surface area contributed by atoms with Gasteiger partial charge in [0.05, 0.1) is 22.5 Å². The van der Waals surface area contributed by atoms with Crippen molar-refractivity contribution in [2.75, 3.05) is 13.1 Å². The molecule has 1 saturated heterocycles. The standard InChI is InChI=1S/C12H15BrN6O/c13-9-5-14-12(15-6-9)19-8-10(16-17-19)7-18-3-1-11(20)2-4-18/h5-6,8,11,20H,1-4,7H2. The van der Waals surface area contributed by atoms with Crippen LogP contribution in [0.3, 0.4) is 0 Å². The molecule has 0 aromatic carbocycles. The van der Waals surface area contributed by atoms with Gasteiger partial charge in [0.15, 0.2) is 0 Å². The molecule has 0 spiro atoms. The van der Waals surface area contributed by atoms with Gasteiger partial charge in [0.1, 0.15) is 0 Å². The quantitative estimate of drug-likeness (QED) is 0.890. The first-order valence-corrected chi connectivity index (χ1v) is 7.29. The molecule has 2 aromatic rings. The van der Waals surface area contributed by atoms with E-state index in [1.54, 1.807) is 17.1 Å². The van der Waals surface area contributed by atoms with Crippen LogP contribution in [-0.2, 0) is 6.54 Å². The predicted molar refractivity (Wildman–Crippen MR) is 75.2 cm³/mol. The highest BCUT2D eigenvalue weighted by molar-refractivity contribution is 9.10. The zero-order valence-electron chi connectivity index (χ0n) is 10.9. The van der Waals surface area contributed by atoms with E-state index in [1.165, 1.54) is 0 Å². The van der Waals surface area contributed by atoms with Crippen LogP contribution in [0.15, 0.2) is 23.1 Å². The summed E-state index contributed by atoms with van der Waals surface area (Å²) in [5.74, 6) is 0.501. The molecule has 0 amide bonds. The van der Waals surface area contributed by atoms with Gasteiger partial charge >= 0.3 is 0 Å². The molecule has 1 aliphatic rings. The molecule has 0 aliphatic carbocycles. The molecular formula is C12H15BrN6O. The average Bonchev–Trinajstić information content (AvgIpc) is 2.91. The van der Waals surface area contributed by atoms with E-state index in [1.807, 2.05) is 6.20 Å². The van der Waals surface area contributed by atoms with Crippen LogP contribution < -0.4 is 0 Å². The minimum atomic E-state index is -0.155. The average molecular weight is 339 g/mol. The van der Waals surface area contributed by atoms with E-state index < -0.39 is 0 Å². The predicted octanol–water partition coefficient (Wildman–Crippen LogP) is 0.777. The Morgan fingerprint density at radius 1 is 1.25 bits per heavy atom. The van der Waals surface area contributed by atoms with Crippen LogP contribution in [0.5, 0.6) is 0 Å². The van der Waals surface area contributed by atoms with Crippen LogP contribution >= 0.6 is 15.9 Å². The van der Waals surface area contributed by atoms with Crippen molar-refractivity contribution in [3.05, 3.63) is 28.8 Å². The number of aliphatic hydroxyl groups is 1. The molecule has 1 fully saturated rings.